The molecular formula is C24H28Cl2N4O. The van der Waals surface area contributed by atoms with Gasteiger partial charge in [0.2, 0.25) is 0 Å². The lowest BCUT2D eigenvalue weighted by Crippen LogP contribution is -2.29. The molecule has 2 N–H and O–H groups in total. The van der Waals surface area contributed by atoms with Crippen molar-refractivity contribution in [2.24, 2.45) is 0 Å². The second-order valence-electron chi connectivity index (χ2n) is 7.67. The van der Waals surface area contributed by atoms with E-state index in [0.29, 0.717) is 34.7 Å². The van der Waals surface area contributed by atoms with Gasteiger partial charge in [-0.05, 0) is 42.8 Å². The van der Waals surface area contributed by atoms with Crippen LogP contribution in [0.2, 0.25) is 10.0 Å². The number of nitrogens with zero attached hydrogens (tertiary/aromatic N) is 2. The Balaban J connectivity index is 2.20. The first-order chi connectivity index (χ1) is 14.9. The van der Waals surface area contributed by atoms with E-state index in [4.69, 9.17) is 28.2 Å². The number of nitrogens with one attached hydrogen (secondary N) is 2. The predicted molar refractivity (Wildman–Crippen MR) is 128 cm³/mol. The van der Waals surface area contributed by atoms with Crippen molar-refractivity contribution in [1.82, 2.24) is 20.2 Å². The number of hydrogen-bond acceptors (Lipinski definition) is 3. The number of rotatable bonds is 9. The summed E-state index contributed by atoms with van der Waals surface area (Å²) < 4.78 is 1.99. The molecule has 2 aromatic carbocycles. The summed E-state index contributed by atoms with van der Waals surface area (Å²) in [4.78, 5) is 17.9. The number of halogens is 2. The number of hydrogen-bond donors (Lipinski definition) is 2. The first-order valence-corrected chi connectivity index (χ1v) is 11.3. The Hall–Kier alpha value is -2.34. The molecule has 0 fully saturated rings. The van der Waals surface area contributed by atoms with Crippen molar-refractivity contribution >= 4 is 29.1 Å². The summed E-state index contributed by atoms with van der Waals surface area (Å²) in [5.41, 5.74) is 2.80. The van der Waals surface area contributed by atoms with Gasteiger partial charge in [0.15, 0.2) is 5.69 Å². The van der Waals surface area contributed by atoms with Crippen LogP contribution in [-0.4, -0.2) is 28.0 Å². The molecule has 1 amide bonds. The normalized spacial score (nSPS) is 11.2. The molecule has 0 aliphatic carbocycles. The Morgan fingerprint density at radius 1 is 1.10 bits per heavy atom. The van der Waals surface area contributed by atoms with E-state index in [2.05, 4.69) is 31.4 Å². The van der Waals surface area contributed by atoms with Gasteiger partial charge in [-0.3, -0.25) is 9.36 Å². The van der Waals surface area contributed by atoms with E-state index in [1.54, 1.807) is 0 Å². The average Bonchev–Trinajstić information content (AvgIpc) is 3.12. The third-order valence-corrected chi connectivity index (χ3v) is 5.46. The van der Waals surface area contributed by atoms with Crippen molar-refractivity contribution < 1.29 is 4.79 Å². The van der Waals surface area contributed by atoms with E-state index in [0.717, 1.165) is 29.8 Å². The molecule has 0 radical (unpaired) electrons. The van der Waals surface area contributed by atoms with Gasteiger partial charge in [0.25, 0.3) is 5.91 Å². The van der Waals surface area contributed by atoms with Crippen LogP contribution in [-0.2, 0) is 6.54 Å². The smallest absolute Gasteiger partial charge is 0.271 e. The van der Waals surface area contributed by atoms with Crippen LogP contribution in [0.1, 0.15) is 49.8 Å². The van der Waals surface area contributed by atoms with Crippen LogP contribution in [0.3, 0.4) is 0 Å². The highest BCUT2D eigenvalue weighted by atomic mass is 35.5. The standard InChI is InChI=1S/C24H28Cl2N4O/c1-4-5-14-27-24(31)22-21(15-28-16(2)3)30(18-12-10-17(25)11-13-18)23(29-22)19-8-6-7-9-20(19)26/h6-13,16,28H,4-5,14-15H2,1-3H3,(H,27,31). The van der Waals surface area contributed by atoms with E-state index in [1.165, 1.54) is 0 Å². The minimum atomic E-state index is -0.185. The Labute approximate surface area is 193 Å². The topological polar surface area (TPSA) is 59.0 Å². The number of amides is 1. The molecule has 0 bridgehead atoms. The van der Waals surface area contributed by atoms with Crippen molar-refractivity contribution in [3.8, 4) is 17.1 Å². The number of carbonyl (C=O) groups is 1. The second kappa shape index (κ2) is 10.8. The molecule has 0 saturated heterocycles. The summed E-state index contributed by atoms with van der Waals surface area (Å²) in [7, 11) is 0. The molecule has 0 aliphatic heterocycles. The zero-order valence-electron chi connectivity index (χ0n) is 18.1. The van der Waals surface area contributed by atoms with Crippen LogP contribution < -0.4 is 10.6 Å². The molecule has 0 saturated carbocycles. The van der Waals surface area contributed by atoms with Crippen molar-refractivity contribution in [1.29, 1.82) is 0 Å². The van der Waals surface area contributed by atoms with Gasteiger partial charge in [-0.1, -0.05) is 62.5 Å². The molecular weight excluding hydrogens is 431 g/mol. The molecule has 7 heteroatoms. The van der Waals surface area contributed by atoms with Crippen LogP contribution in [0.4, 0.5) is 0 Å². The monoisotopic (exact) mass is 458 g/mol. The van der Waals surface area contributed by atoms with Crippen LogP contribution in [0, 0.1) is 0 Å². The maximum absolute atomic E-state index is 13.1. The second-order valence-corrected chi connectivity index (χ2v) is 8.51. The molecule has 5 nitrogen and oxygen atoms in total. The molecule has 0 atom stereocenters. The minimum Gasteiger partial charge on any atom is -0.351 e. The SMILES string of the molecule is CCCCNC(=O)c1nc(-c2ccccc2Cl)n(-c2ccc(Cl)cc2)c1CNC(C)C. The highest BCUT2D eigenvalue weighted by molar-refractivity contribution is 6.33. The molecule has 3 aromatic rings. The third-order valence-electron chi connectivity index (χ3n) is 4.88. The fourth-order valence-electron chi connectivity index (χ4n) is 3.25. The van der Waals surface area contributed by atoms with Crippen molar-refractivity contribution in [3.63, 3.8) is 0 Å². The van der Waals surface area contributed by atoms with Gasteiger partial charge in [-0.2, -0.15) is 0 Å². The summed E-state index contributed by atoms with van der Waals surface area (Å²) >= 11 is 12.7. The molecule has 0 unspecified atom stereocenters. The van der Waals surface area contributed by atoms with E-state index in [1.807, 2.05) is 53.1 Å². The summed E-state index contributed by atoms with van der Waals surface area (Å²) in [6.45, 7) is 7.32. The Bertz CT molecular complexity index is 1030. The number of carbonyl (C=O) groups excluding carboxylic acids is 1. The lowest BCUT2D eigenvalue weighted by atomic mass is 10.2. The summed E-state index contributed by atoms with van der Waals surface area (Å²) in [5, 5.41) is 7.64. The van der Waals surface area contributed by atoms with E-state index < -0.39 is 0 Å². The fraction of sp³-hybridized carbons (Fsp3) is 0.333. The quantitative estimate of drug-likeness (QED) is 0.393. The lowest BCUT2D eigenvalue weighted by Gasteiger charge is -2.15. The molecule has 1 heterocycles. The first-order valence-electron chi connectivity index (χ1n) is 10.6. The highest BCUT2D eigenvalue weighted by Gasteiger charge is 2.25. The molecule has 0 aliphatic rings. The van der Waals surface area contributed by atoms with Crippen molar-refractivity contribution in [2.45, 2.75) is 46.2 Å². The molecule has 31 heavy (non-hydrogen) atoms. The zero-order chi connectivity index (χ0) is 22.4. The number of imidazole rings is 1. The van der Waals surface area contributed by atoms with Crippen LogP contribution >= 0.6 is 23.2 Å². The molecule has 3 rings (SSSR count). The van der Waals surface area contributed by atoms with E-state index in [9.17, 15) is 4.79 Å². The first kappa shape index (κ1) is 23.3. The summed E-state index contributed by atoms with van der Waals surface area (Å²) in [5.74, 6) is 0.434. The molecule has 164 valence electrons. The van der Waals surface area contributed by atoms with E-state index >= 15 is 0 Å². The largest absolute Gasteiger partial charge is 0.351 e. The number of benzene rings is 2. The van der Waals surface area contributed by atoms with Crippen molar-refractivity contribution in [2.75, 3.05) is 6.54 Å². The maximum Gasteiger partial charge on any atom is 0.271 e. The molecule has 0 spiro atoms. The van der Waals surface area contributed by atoms with Gasteiger partial charge < -0.3 is 10.6 Å². The van der Waals surface area contributed by atoms with Crippen LogP contribution in [0.5, 0.6) is 0 Å². The predicted octanol–water partition coefficient (Wildman–Crippen LogP) is 5.87. The lowest BCUT2D eigenvalue weighted by molar-refractivity contribution is 0.0947. The Morgan fingerprint density at radius 3 is 2.45 bits per heavy atom. The fourth-order valence-corrected chi connectivity index (χ4v) is 3.60. The van der Waals surface area contributed by atoms with Gasteiger partial charge in [-0.25, -0.2) is 4.98 Å². The zero-order valence-corrected chi connectivity index (χ0v) is 19.6. The average molecular weight is 459 g/mol. The van der Waals surface area contributed by atoms with E-state index in [-0.39, 0.29) is 11.9 Å². The van der Waals surface area contributed by atoms with Crippen molar-refractivity contribution in [3.05, 3.63) is 70.0 Å². The van der Waals surface area contributed by atoms with Gasteiger partial charge in [0, 0.05) is 35.4 Å². The Morgan fingerprint density at radius 2 is 1.81 bits per heavy atom. The Kier molecular flexibility index (Phi) is 8.13. The third kappa shape index (κ3) is 5.67. The highest BCUT2D eigenvalue weighted by Crippen LogP contribution is 2.32. The van der Waals surface area contributed by atoms with Gasteiger partial charge in [0.05, 0.1) is 10.7 Å². The summed E-state index contributed by atoms with van der Waals surface area (Å²) in [6, 6.07) is 15.3. The maximum atomic E-state index is 13.1. The van der Waals surface area contributed by atoms with Crippen LogP contribution in [0.15, 0.2) is 48.5 Å². The van der Waals surface area contributed by atoms with Gasteiger partial charge in [-0.15, -0.1) is 0 Å². The van der Waals surface area contributed by atoms with Gasteiger partial charge >= 0.3 is 0 Å². The number of unbranched alkanes of at least 4 members (excludes halogenated alkanes) is 1. The summed E-state index contributed by atoms with van der Waals surface area (Å²) in [6.07, 6.45) is 1.92. The van der Waals surface area contributed by atoms with Crippen LogP contribution in [0.25, 0.3) is 17.1 Å². The minimum absolute atomic E-state index is 0.185. The van der Waals surface area contributed by atoms with Gasteiger partial charge in [0.1, 0.15) is 5.82 Å². The number of aromatic nitrogens is 2. The molecule has 1 aromatic heterocycles.